The summed E-state index contributed by atoms with van der Waals surface area (Å²) in [5.41, 5.74) is 0.822. The van der Waals surface area contributed by atoms with Crippen molar-refractivity contribution in [3.8, 4) is 11.5 Å². The first kappa shape index (κ1) is 21.4. The van der Waals surface area contributed by atoms with E-state index in [2.05, 4.69) is 10.1 Å². The van der Waals surface area contributed by atoms with Crippen LogP contribution in [0.1, 0.15) is 10.4 Å². The van der Waals surface area contributed by atoms with Gasteiger partial charge in [-0.1, -0.05) is 0 Å². The lowest BCUT2D eigenvalue weighted by atomic mass is 10.1. The molecule has 0 saturated heterocycles. The number of benzene rings is 2. The zero-order valence-electron chi connectivity index (χ0n) is 15.3. The Balaban J connectivity index is 2.39. The van der Waals surface area contributed by atoms with Gasteiger partial charge >= 0.3 is 6.61 Å². The van der Waals surface area contributed by atoms with Gasteiger partial charge in [0.15, 0.2) is 11.5 Å². The number of hydrogen-bond acceptors (Lipinski definition) is 6. The SMILES string of the molecule is COc1cc(C(=O)Nc2cc(S(N)(=O)=O)ccc2N(C)C)ccc1OC(F)F. The van der Waals surface area contributed by atoms with Crippen LogP contribution in [0.5, 0.6) is 11.5 Å². The summed E-state index contributed by atoms with van der Waals surface area (Å²) >= 11 is 0. The maximum atomic E-state index is 12.6. The predicted molar refractivity (Wildman–Crippen MR) is 99.7 cm³/mol. The monoisotopic (exact) mass is 415 g/mol. The van der Waals surface area contributed by atoms with Gasteiger partial charge in [-0.3, -0.25) is 4.79 Å². The zero-order chi connectivity index (χ0) is 21.1. The molecule has 0 unspecified atom stereocenters. The van der Waals surface area contributed by atoms with E-state index in [1.807, 2.05) is 0 Å². The number of sulfonamides is 1. The van der Waals surface area contributed by atoms with Gasteiger partial charge in [0.2, 0.25) is 10.0 Å². The molecule has 0 aliphatic rings. The van der Waals surface area contributed by atoms with Gasteiger partial charge in [0.25, 0.3) is 5.91 Å². The second kappa shape index (κ2) is 8.40. The molecule has 3 N–H and O–H groups in total. The van der Waals surface area contributed by atoms with E-state index in [0.29, 0.717) is 5.69 Å². The number of nitrogens with two attached hydrogens (primary N) is 1. The van der Waals surface area contributed by atoms with Crippen molar-refractivity contribution in [2.24, 2.45) is 5.14 Å². The molecule has 8 nitrogen and oxygen atoms in total. The molecule has 0 atom stereocenters. The summed E-state index contributed by atoms with van der Waals surface area (Å²) in [5, 5.41) is 7.73. The predicted octanol–water partition coefficient (Wildman–Crippen LogP) is 2.26. The Kier molecular flexibility index (Phi) is 6.41. The first-order chi connectivity index (χ1) is 13.0. The van der Waals surface area contributed by atoms with Crippen LogP contribution < -0.4 is 24.8 Å². The van der Waals surface area contributed by atoms with Gasteiger partial charge in [-0.25, -0.2) is 13.6 Å². The van der Waals surface area contributed by atoms with Gasteiger partial charge in [-0.2, -0.15) is 8.78 Å². The van der Waals surface area contributed by atoms with E-state index in [1.54, 1.807) is 19.0 Å². The highest BCUT2D eigenvalue weighted by Crippen LogP contribution is 2.31. The number of primary sulfonamides is 1. The number of alkyl halides is 2. The summed E-state index contributed by atoms with van der Waals surface area (Å²) in [6, 6.07) is 7.72. The number of carbonyl (C=O) groups excluding carboxylic acids is 1. The molecule has 0 heterocycles. The number of methoxy groups -OCH3 is 1. The van der Waals surface area contributed by atoms with Crippen LogP contribution in [0, 0.1) is 0 Å². The normalized spacial score (nSPS) is 11.2. The van der Waals surface area contributed by atoms with Gasteiger partial charge in [-0.05, 0) is 36.4 Å². The van der Waals surface area contributed by atoms with E-state index >= 15 is 0 Å². The summed E-state index contributed by atoms with van der Waals surface area (Å²) in [6.45, 7) is -3.04. The van der Waals surface area contributed by atoms with Crippen LogP contribution in [-0.4, -0.2) is 42.1 Å². The van der Waals surface area contributed by atoms with Gasteiger partial charge in [0, 0.05) is 19.7 Å². The number of anilines is 2. The Morgan fingerprint density at radius 2 is 1.82 bits per heavy atom. The van der Waals surface area contributed by atoms with Gasteiger partial charge in [-0.15, -0.1) is 0 Å². The van der Waals surface area contributed by atoms with Crippen molar-refractivity contribution in [3.05, 3.63) is 42.0 Å². The number of amides is 1. The Bertz CT molecular complexity index is 981. The second-order valence-corrected chi connectivity index (χ2v) is 7.38. The Hall–Kier alpha value is -2.92. The van der Waals surface area contributed by atoms with Crippen LogP contribution in [0.25, 0.3) is 0 Å². The molecule has 152 valence electrons. The average Bonchev–Trinajstić information content (AvgIpc) is 2.60. The van der Waals surface area contributed by atoms with Crippen LogP contribution >= 0.6 is 0 Å². The second-order valence-electron chi connectivity index (χ2n) is 5.82. The standard InChI is InChI=1S/C17H19F2N3O5S/c1-22(2)13-6-5-11(28(20,24)25)9-12(13)21-16(23)10-4-7-14(27-17(18)19)15(8-10)26-3/h4-9,17H,1-3H3,(H,21,23)(H2,20,24,25). The molecular weight excluding hydrogens is 396 g/mol. The highest BCUT2D eigenvalue weighted by Gasteiger charge is 2.18. The third-order valence-corrected chi connectivity index (χ3v) is 4.58. The van der Waals surface area contributed by atoms with Crippen LogP contribution in [-0.2, 0) is 10.0 Å². The first-order valence-corrected chi connectivity index (χ1v) is 9.36. The third-order valence-electron chi connectivity index (χ3n) is 3.67. The van der Waals surface area contributed by atoms with Crippen LogP contribution in [0.15, 0.2) is 41.3 Å². The van der Waals surface area contributed by atoms with Crippen LogP contribution in [0.2, 0.25) is 0 Å². The maximum Gasteiger partial charge on any atom is 0.387 e. The van der Waals surface area contributed by atoms with Crippen molar-refractivity contribution in [1.82, 2.24) is 0 Å². The van der Waals surface area contributed by atoms with E-state index in [4.69, 9.17) is 9.88 Å². The van der Waals surface area contributed by atoms with E-state index < -0.39 is 22.5 Å². The first-order valence-electron chi connectivity index (χ1n) is 7.81. The molecule has 0 aliphatic carbocycles. The summed E-state index contributed by atoms with van der Waals surface area (Å²) in [7, 11) is 0.691. The number of nitrogens with zero attached hydrogens (tertiary/aromatic N) is 1. The maximum absolute atomic E-state index is 12.6. The lowest BCUT2D eigenvalue weighted by molar-refractivity contribution is -0.0512. The lowest BCUT2D eigenvalue weighted by Crippen LogP contribution is -2.19. The summed E-state index contributed by atoms with van der Waals surface area (Å²) in [5.74, 6) is -0.894. The molecule has 0 spiro atoms. The number of rotatable bonds is 7. The number of ether oxygens (including phenoxy) is 2. The third kappa shape index (κ3) is 5.08. The van der Waals surface area contributed by atoms with Crippen molar-refractivity contribution in [2.75, 3.05) is 31.4 Å². The van der Waals surface area contributed by atoms with Gasteiger partial charge < -0.3 is 19.7 Å². The molecule has 28 heavy (non-hydrogen) atoms. The number of nitrogens with one attached hydrogen (secondary N) is 1. The molecule has 1 amide bonds. The van der Waals surface area contributed by atoms with Crippen molar-refractivity contribution in [1.29, 1.82) is 0 Å². The average molecular weight is 415 g/mol. The summed E-state index contributed by atoms with van der Waals surface area (Å²) in [6.07, 6.45) is 0. The van der Waals surface area contributed by atoms with Crippen LogP contribution in [0.3, 0.4) is 0 Å². The van der Waals surface area contributed by atoms with E-state index in [1.165, 1.54) is 43.5 Å². The van der Waals surface area contributed by atoms with Crippen molar-refractivity contribution in [3.63, 3.8) is 0 Å². The number of carbonyl (C=O) groups is 1. The lowest BCUT2D eigenvalue weighted by Gasteiger charge is -2.19. The molecule has 0 aliphatic heterocycles. The molecule has 2 rings (SSSR count). The zero-order valence-corrected chi connectivity index (χ0v) is 16.1. The Morgan fingerprint density at radius 1 is 1.14 bits per heavy atom. The molecule has 2 aromatic rings. The highest BCUT2D eigenvalue weighted by molar-refractivity contribution is 7.89. The van der Waals surface area contributed by atoms with E-state index in [0.717, 1.165) is 0 Å². The fourth-order valence-corrected chi connectivity index (χ4v) is 2.92. The number of hydrogen-bond donors (Lipinski definition) is 2. The van der Waals surface area contributed by atoms with E-state index in [-0.39, 0.29) is 27.6 Å². The summed E-state index contributed by atoms with van der Waals surface area (Å²) in [4.78, 5) is 14.1. The fraction of sp³-hybridized carbons (Fsp3) is 0.235. The van der Waals surface area contributed by atoms with Crippen molar-refractivity contribution < 1.29 is 31.5 Å². The highest BCUT2D eigenvalue weighted by atomic mass is 32.2. The molecule has 0 fully saturated rings. The van der Waals surface area contributed by atoms with E-state index in [9.17, 15) is 22.0 Å². The molecular formula is C17H19F2N3O5S. The van der Waals surface area contributed by atoms with Crippen LogP contribution in [0.4, 0.5) is 20.2 Å². The molecule has 0 saturated carbocycles. The molecule has 0 aromatic heterocycles. The molecule has 2 aromatic carbocycles. The minimum Gasteiger partial charge on any atom is -0.493 e. The Labute approximate surface area is 160 Å². The Morgan fingerprint density at radius 3 is 2.36 bits per heavy atom. The quantitative estimate of drug-likeness (QED) is 0.718. The topological polar surface area (TPSA) is 111 Å². The van der Waals surface area contributed by atoms with Crippen molar-refractivity contribution >= 4 is 27.3 Å². The van der Waals surface area contributed by atoms with Gasteiger partial charge in [0.1, 0.15) is 0 Å². The molecule has 0 bridgehead atoms. The smallest absolute Gasteiger partial charge is 0.387 e. The molecule has 11 heteroatoms. The molecule has 0 radical (unpaired) electrons. The fourth-order valence-electron chi connectivity index (χ4n) is 2.38. The summed E-state index contributed by atoms with van der Waals surface area (Å²) < 4.78 is 57.3. The van der Waals surface area contributed by atoms with Gasteiger partial charge in [0.05, 0.1) is 23.4 Å². The minimum absolute atomic E-state index is 0.0564. The largest absolute Gasteiger partial charge is 0.493 e. The van der Waals surface area contributed by atoms with Crippen molar-refractivity contribution in [2.45, 2.75) is 11.5 Å². The number of halogens is 2. The minimum atomic E-state index is -3.97.